The summed E-state index contributed by atoms with van der Waals surface area (Å²) in [4.78, 5) is 18.3. The lowest BCUT2D eigenvalue weighted by Gasteiger charge is -2.37. The highest BCUT2D eigenvalue weighted by Crippen LogP contribution is 2.42. The first kappa shape index (κ1) is 27.0. The molecule has 4 atom stereocenters. The molecule has 0 amide bonds. The summed E-state index contributed by atoms with van der Waals surface area (Å²) in [6.07, 6.45) is 2.34. The molecule has 1 aliphatic carbocycles. The van der Waals surface area contributed by atoms with Crippen molar-refractivity contribution in [3.8, 4) is 0 Å². The third-order valence-corrected chi connectivity index (χ3v) is 12.9. The van der Waals surface area contributed by atoms with E-state index in [-0.39, 0.29) is 16.1 Å². The van der Waals surface area contributed by atoms with Crippen molar-refractivity contribution in [2.75, 3.05) is 11.9 Å². The van der Waals surface area contributed by atoms with Crippen LogP contribution in [0.15, 0.2) is 12.1 Å². The molecule has 0 unspecified atom stereocenters. The Balaban J connectivity index is 1.41. The van der Waals surface area contributed by atoms with Crippen molar-refractivity contribution in [3.63, 3.8) is 0 Å². The molecule has 0 spiro atoms. The topological polar surface area (TPSA) is 96.2 Å². The second-order valence-corrected chi connectivity index (χ2v) is 17.6. The quantitative estimate of drug-likeness (QED) is 0.370. The molecule has 5 rings (SSSR count). The Kier molecular flexibility index (Phi) is 6.99. The number of rotatable bonds is 7. The number of anilines is 1. The highest BCUT2D eigenvalue weighted by molar-refractivity contribution is 6.74. The zero-order chi connectivity index (χ0) is 26.8. The maximum absolute atomic E-state index is 13.9. The first-order valence-corrected chi connectivity index (χ1v) is 16.6. The van der Waals surface area contributed by atoms with Gasteiger partial charge < -0.3 is 24.0 Å². The van der Waals surface area contributed by atoms with E-state index in [1.807, 2.05) is 19.9 Å². The summed E-state index contributed by atoms with van der Waals surface area (Å²) >= 11 is 6.29. The highest BCUT2D eigenvalue weighted by atomic mass is 35.5. The maximum atomic E-state index is 13.9. The molecule has 2 aromatic heterocycles. The van der Waals surface area contributed by atoms with E-state index in [1.54, 1.807) is 10.6 Å². The Morgan fingerprint density at radius 1 is 1.22 bits per heavy atom. The number of ether oxygens (including phenoxy) is 3. The van der Waals surface area contributed by atoms with E-state index in [4.69, 9.17) is 30.2 Å². The molecule has 3 fully saturated rings. The summed E-state index contributed by atoms with van der Waals surface area (Å²) in [5, 5.41) is 7.97. The second-order valence-electron chi connectivity index (χ2n) is 12.5. The number of carbonyl (C=O) groups excluding carboxylic acids is 1. The van der Waals surface area contributed by atoms with E-state index in [0.29, 0.717) is 29.7 Å². The highest BCUT2D eigenvalue weighted by Gasteiger charge is 2.58. The van der Waals surface area contributed by atoms with Crippen LogP contribution >= 0.6 is 11.6 Å². The number of hydrogen-bond acceptors (Lipinski definition) is 8. The number of carbonyl (C=O) groups is 1. The van der Waals surface area contributed by atoms with E-state index in [9.17, 15) is 4.79 Å². The molecule has 2 aromatic rings. The molecule has 2 aliphatic heterocycles. The molecule has 0 bridgehead atoms. The number of hydrogen-bond donors (Lipinski definition) is 1. The molecule has 2 saturated heterocycles. The lowest BCUT2D eigenvalue weighted by atomic mass is 10.0. The van der Waals surface area contributed by atoms with Gasteiger partial charge in [0.05, 0.1) is 6.61 Å². The van der Waals surface area contributed by atoms with Crippen LogP contribution in [0.25, 0.3) is 5.52 Å². The van der Waals surface area contributed by atoms with Crippen molar-refractivity contribution in [1.29, 1.82) is 0 Å². The summed E-state index contributed by atoms with van der Waals surface area (Å²) in [6.45, 7) is 15.1. The van der Waals surface area contributed by atoms with Crippen LogP contribution in [0, 0.1) is 0 Å². The fraction of sp³-hybridized carbons (Fsp3) is 0.731. The van der Waals surface area contributed by atoms with Crippen molar-refractivity contribution < 1.29 is 23.4 Å². The van der Waals surface area contributed by atoms with Crippen molar-refractivity contribution in [3.05, 3.63) is 23.1 Å². The number of Topliss-reactive ketones (excluding diaryl/α,β-unsaturated/α-hetero) is 1. The van der Waals surface area contributed by atoms with Gasteiger partial charge in [0, 0.05) is 6.04 Å². The zero-order valence-corrected chi connectivity index (χ0v) is 24.6. The minimum absolute atomic E-state index is 0.0561. The first-order valence-electron chi connectivity index (χ1n) is 13.3. The van der Waals surface area contributed by atoms with Crippen LogP contribution in [-0.4, -0.2) is 71.6 Å². The third kappa shape index (κ3) is 5.20. The van der Waals surface area contributed by atoms with E-state index in [2.05, 4.69) is 49.3 Å². The average molecular weight is 551 g/mol. The van der Waals surface area contributed by atoms with Crippen LogP contribution in [0.5, 0.6) is 0 Å². The molecule has 11 heteroatoms. The molecule has 1 saturated carbocycles. The van der Waals surface area contributed by atoms with Crippen LogP contribution in [0.1, 0.15) is 70.8 Å². The van der Waals surface area contributed by atoms with Gasteiger partial charge in [-0.15, -0.1) is 5.10 Å². The van der Waals surface area contributed by atoms with Crippen molar-refractivity contribution in [2.24, 2.45) is 0 Å². The maximum Gasteiger partial charge on any atom is 0.243 e. The Labute approximate surface area is 224 Å². The van der Waals surface area contributed by atoms with Crippen LogP contribution < -0.4 is 5.32 Å². The molecule has 1 N–H and O–H groups in total. The number of nitrogens with zero attached hydrogens (tertiary/aromatic N) is 3. The number of halogens is 1. The SMILES string of the molecule is CC1(C)O[C@@H]2[C@H](O1)[C@@H](CO[Si](C)(C)C(C)(C)C)O[C@@H]2C(=O)c1ccc2c(NC3CCCC3)nc(Cl)nn12. The summed E-state index contributed by atoms with van der Waals surface area (Å²) in [6, 6.07) is 3.94. The molecule has 9 nitrogen and oxygen atoms in total. The third-order valence-electron chi connectivity index (χ3n) is 8.26. The van der Waals surface area contributed by atoms with Gasteiger partial charge in [-0.3, -0.25) is 4.79 Å². The standard InChI is InChI=1S/C26H39ClN4O5Si/c1-25(2,3)37(6,7)33-14-18-20-22(36-26(4,5)35-20)21(34-18)19(32)16-12-13-17-23(28-15-10-8-9-11-15)29-24(27)30-31(16)17/h12-13,15,18,20-22H,8-11,14H2,1-7H3,(H,28,29,30)/t18-,20-,21-,22-/m1/s1. The van der Waals surface area contributed by atoms with Gasteiger partial charge in [0.25, 0.3) is 0 Å². The molecule has 37 heavy (non-hydrogen) atoms. The van der Waals surface area contributed by atoms with E-state index >= 15 is 0 Å². The fourth-order valence-electron chi connectivity index (χ4n) is 5.21. The number of ketones is 1. The molecule has 4 heterocycles. The molecule has 0 aromatic carbocycles. The normalized spacial score (nSPS) is 28.2. The summed E-state index contributed by atoms with van der Waals surface area (Å²) in [5.74, 6) is -0.413. The zero-order valence-electron chi connectivity index (χ0n) is 22.8. The van der Waals surface area contributed by atoms with Crippen LogP contribution in [0.4, 0.5) is 5.82 Å². The Bertz CT molecular complexity index is 1170. The fourth-order valence-corrected chi connectivity index (χ4v) is 6.38. The molecule has 3 aliphatic rings. The number of aromatic nitrogens is 3. The molecule has 0 radical (unpaired) electrons. The van der Waals surface area contributed by atoms with E-state index in [0.717, 1.165) is 12.8 Å². The van der Waals surface area contributed by atoms with Crippen molar-refractivity contribution in [1.82, 2.24) is 14.6 Å². The van der Waals surface area contributed by atoms with Gasteiger partial charge in [-0.05, 0) is 68.6 Å². The Hall–Kier alpha value is -1.56. The van der Waals surface area contributed by atoms with Gasteiger partial charge in [0.15, 0.2) is 26.0 Å². The van der Waals surface area contributed by atoms with Gasteiger partial charge in [0.1, 0.15) is 29.5 Å². The average Bonchev–Trinajstić information content (AvgIpc) is 3.55. The summed E-state index contributed by atoms with van der Waals surface area (Å²) in [5.41, 5.74) is 1.08. The smallest absolute Gasteiger partial charge is 0.243 e. The van der Waals surface area contributed by atoms with Gasteiger partial charge >= 0.3 is 0 Å². The van der Waals surface area contributed by atoms with Crippen molar-refractivity contribution >= 4 is 37.0 Å². The molecular weight excluding hydrogens is 512 g/mol. The first-order chi connectivity index (χ1) is 17.3. The summed E-state index contributed by atoms with van der Waals surface area (Å²) in [7, 11) is -2.02. The Morgan fingerprint density at radius 3 is 2.57 bits per heavy atom. The summed E-state index contributed by atoms with van der Waals surface area (Å²) < 4.78 is 26.7. The predicted octanol–water partition coefficient (Wildman–Crippen LogP) is 5.23. The van der Waals surface area contributed by atoms with E-state index < -0.39 is 38.5 Å². The monoisotopic (exact) mass is 550 g/mol. The second kappa shape index (κ2) is 9.57. The number of nitrogens with one attached hydrogen (secondary N) is 1. The largest absolute Gasteiger partial charge is 0.414 e. The van der Waals surface area contributed by atoms with Gasteiger partial charge in [-0.1, -0.05) is 33.6 Å². The lowest BCUT2D eigenvalue weighted by Crippen LogP contribution is -2.44. The minimum atomic E-state index is -2.02. The van der Waals surface area contributed by atoms with Crippen LogP contribution in [0.3, 0.4) is 0 Å². The van der Waals surface area contributed by atoms with Gasteiger partial charge in [-0.2, -0.15) is 4.98 Å². The Morgan fingerprint density at radius 2 is 1.89 bits per heavy atom. The molecular formula is C26H39ClN4O5Si. The predicted molar refractivity (Wildman–Crippen MR) is 144 cm³/mol. The van der Waals surface area contributed by atoms with Crippen LogP contribution in [0.2, 0.25) is 23.4 Å². The van der Waals surface area contributed by atoms with Crippen molar-refractivity contribution in [2.45, 2.75) is 115 Å². The molecule has 204 valence electrons. The van der Waals surface area contributed by atoms with Gasteiger partial charge in [-0.25, -0.2) is 4.52 Å². The lowest BCUT2D eigenvalue weighted by molar-refractivity contribution is -0.184. The van der Waals surface area contributed by atoms with E-state index in [1.165, 1.54) is 12.8 Å². The van der Waals surface area contributed by atoms with Crippen LogP contribution in [-0.2, 0) is 18.6 Å². The minimum Gasteiger partial charge on any atom is -0.414 e. The van der Waals surface area contributed by atoms with Gasteiger partial charge in [0.2, 0.25) is 11.1 Å². The number of fused-ring (bicyclic) bond motifs is 2.